The van der Waals surface area contributed by atoms with Crippen molar-refractivity contribution in [1.82, 2.24) is 15.2 Å². The zero-order valence-corrected chi connectivity index (χ0v) is 15.7. The molecule has 5 nitrogen and oxygen atoms in total. The van der Waals surface area contributed by atoms with Crippen molar-refractivity contribution in [2.24, 2.45) is 10.9 Å². The molecule has 1 aliphatic heterocycles. The maximum atomic E-state index is 5.95. The highest BCUT2D eigenvalue weighted by Gasteiger charge is 2.19. The van der Waals surface area contributed by atoms with E-state index in [1.165, 1.54) is 12.8 Å². The number of piperidine rings is 1. The van der Waals surface area contributed by atoms with E-state index >= 15 is 0 Å². The van der Waals surface area contributed by atoms with Crippen LogP contribution in [-0.2, 0) is 13.2 Å². The molecule has 138 valence electrons. The van der Waals surface area contributed by atoms with Crippen molar-refractivity contribution < 1.29 is 4.74 Å². The number of hydrogen-bond acceptors (Lipinski definition) is 3. The van der Waals surface area contributed by atoms with Gasteiger partial charge in [-0.1, -0.05) is 43.3 Å². The Morgan fingerprint density at radius 3 is 2.88 bits per heavy atom. The quantitative estimate of drug-likeness (QED) is 0.661. The highest BCUT2D eigenvalue weighted by atomic mass is 16.5. The van der Waals surface area contributed by atoms with E-state index < -0.39 is 0 Å². The van der Waals surface area contributed by atoms with Gasteiger partial charge in [-0.3, -0.25) is 4.99 Å². The molecule has 0 radical (unpaired) electrons. The van der Waals surface area contributed by atoms with Gasteiger partial charge in [0.1, 0.15) is 6.61 Å². The molecular formula is C21H28N4O. The first-order valence-electron chi connectivity index (χ1n) is 9.32. The zero-order chi connectivity index (χ0) is 18.2. The van der Waals surface area contributed by atoms with Gasteiger partial charge in [-0.25, -0.2) is 4.98 Å². The summed E-state index contributed by atoms with van der Waals surface area (Å²) >= 11 is 0. The molecule has 2 heterocycles. The van der Waals surface area contributed by atoms with E-state index in [1.807, 2.05) is 37.4 Å². The monoisotopic (exact) mass is 352 g/mol. The fourth-order valence-electron chi connectivity index (χ4n) is 3.30. The lowest BCUT2D eigenvalue weighted by Gasteiger charge is -2.33. The van der Waals surface area contributed by atoms with Crippen molar-refractivity contribution in [1.29, 1.82) is 0 Å². The minimum Gasteiger partial charge on any atom is -0.473 e. The predicted octanol–water partition coefficient (Wildman–Crippen LogP) is 3.47. The second kappa shape index (κ2) is 9.22. The number of nitrogens with zero attached hydrogens (tertiary/aromatic N) is 3. The summed E-state index contributed by atoms with van der Waals surface area (Å²) < 4.78 is 5.95. The van der Waals surface area contributed by atoms with E-state index in [4.69, 9.17) is 4.74 Å². The molecule has 1 fully saturated rings. The average molecular weight is 352 g/mol. The van der Waals surface area contributed by atoms with Crippen LogP contribution in [0.5, 0.6) is 5.88 Å². The molecule has 1 atom stereocenters. The van der Waals surface area contributed by atoms with Gasteiger partial charge < -0.3 is 15.0 Å². The highest BCUT2D eigenvalue weighted by Crippen LogP contribution is 2.18. The molecule has 1 saturated heterocycles. The minimum atomic E-state index is 0.517. The molecule has 1 aliphatic rings. The summed E-state index contributed by atoms with van der Waals surface area (Å²) in [4.78, 5) is 11.2. The summed E-state index contributed by atoms with van der Waals surface area (Å²) in [5.74, 6) is 2.34. The number of benzene rings is 1. The van der Waals surface area contributed by atoms with Gasteiger partial charge >= 0.3 is 0 Å². The number of likely N-dealkylation sites (tertiary alicyclic amines) is 1. The molecule has 0 amide bonds. The number of hydrogen-bond donors (Lipinski definition) is 1. The molecule has 1 aromatic heterocycles. The average Bonchev–Trinajstić information content (AvgIpc) is 2.68. The molecule has 5 heteroatoms. The van der Waals surface area contributed by atoms with Crippen LogP contribution in [0.25, 0.3) is 0 Å². The van der Waals surface area contributed by atoms with Gasteiger partial charge in [0.05, 0.1) is 0 Å². The Kier molecular flexibility index (Phi) is 6.47. The van der Waals surface area contributed by atoms with Gasteiger partial charge in [0.15, 0.2) is 5.96 Å². The first-order valence-corrected chi connectivity index (χ1v) is 9.32. The van der Waals surface area contributed by atoms with E-state index in [1.54, 1.807) is 6.20 Å². The molecule has 1 unspecified atom stereocenters. The number of pyridine rings is 1. The van der Waals surface area contributed by atoms with Crippen molar-refractivity contribution in [3.05, 3.63) is 59.8 Å². The maximum Gasteiger partial charge on any atom is 0.218 e. The summed E-state index contributed by atoms with van der Waals surface area (Å²) in [6, 6.07) is 14.1. The van der Waals surface area contributed by atoms with Crippen LogP contribution in [-0.4, -0.2) is 36.0 Å². The summed E-state index contributed by atoms with van der Waals surface area (Å²) in [5, 5.41) is 3.47. The van der Waals surface area contributed by atoms with E-state index in [0.29, 0.717) is 24.9 Å². The molecular weight excluding hydrogens is 324 g/mol. The SMILES string of the molecule is CN=C(NCc1cccnc1OCc1ccccc1)N1CCCC(C)C1. The first kappa shape index (κ1) is 18.2. The number of aliphatic imine (C=N–C) groups is 1. The molecule has 2 aromatic rings. The van der Waals surface area contributed by atoms with Crippen LogP contribution < -0.4 is 10.1 Å². The van der Waals surface area contributed by atoms with Gasteiger partial charge in [0.2, 0.25) is 5.88 Å². The maximum absolute atomic E-state index is 5.95. The third-order valence-corrected chi connectivity index (χ3v) is 4.67. The topological polar surface area (TPSA) is 49.8 Å². The van der Waals surface area contributed by atoms with Crippen molar-refractivity contribution in [3.63, 3.8) is 0 Å². The van der Waals surface area contributed by atoms with E-state index in [9.17, 15) is 0 Å². The molecule has 0 aliphatic carbocycles. The Bertz CT molecular complexity index is 717. The van der Waals surface area contributed by atoms with E-state index in [2.05, 4.69) is 39.2 Å². The summed E-state index contributed by atoms with van der Waals surface area (Å²) in [6.45, 7) is 5.59. The molecule has 1 aromatic carbocycles. The van der Waals surface area contributed by atoms with Gasteiger partial charge in [0.25, 0.3) is 0 Å². The van der Waals surface area contributed by atoms with Crippen LogP contribution in [0.4, 0.5) is 0 Å². The lowest BCUT2D eigenvalue weighted by Crippen LogP contribution is -2.45. The second-order valence-corrected chi connectivity index (χ2v) is 6.84. The van der Waals surface area contributed by atoms with E-state index in [0.717, 1.165) is 30.2 Å². The van der Waals surface area contributed by atoms with Crippen LogP contribution >= 0.6 is 0 Å². The minimum absolute atomic E-state index is 0.517. The second-order valence-electron chi connectivity index (χ2n) is 6.84. The van der Waals surface area contributed by atoms with Crippen LogP contribution in [0, 0.1) is 5.92 Å². The smallest absolute Gasteiger partial charge is 0.218 e. The number of guanidine groups is 1. The normalized spacial score (nSPS) is 17.8. The van der Waals surface area contributed by atoms with Crippen molar-refractivity contribution in [3.8, 4) is 5.88 Å². The van der Waals surface area contributed by atoms with Crippen LogP contribution in [0.3, 0.4) is 0 Å². The Morgan fingerprint density at radius 1 is 1.27 bits per heavy atom. The number of ether oxygens (including phenoxy) is 1. The van der Waals surface area contributed by atoms with Gasteiger partial charge in [0, 0.05) is 38.4 Å². The number of nitrogens with one attached hydrogen (secondary N) is 1. The molecule has 0 saturated carbocycles. The lowest BCUT2D eigenvalue weighted by atomic mass is 10.0. The summed E-state index contributed by atoms with van der Waals surface area (Å²) in [6.07, 6.45) is 4.29. The number of rotatable bonds is 5. The van der Waals surface area contributed by atoms with Crippen molar-refractivity contribution in [2.75, 3.05) is 20.1 Å². The van der Waals surface area contributed by atoms with Gasteiger partial charge in [-0.05, 0) is 30.4 Å². The summed E-state index contributed by atoms with van der Waals surface area (Å²) in [5.41, 5.74) is 2.17. The Labute approximate surface area is 156 Å². The Balaban J connectivity index is 1.60. The first-order chi connectivity index (χ1) is 12.8. The number of aromatic nitrogens is 1. The fraction of sp³-hybridized carbons (Fsp3) is 0.429. The predicted molar refractivity (Wildman–Crippen MR) is 105 cm³/mol. The largest absolute Gasteiger partial charge is 0.473 e. The third kappa shape index (κ3) is 4.97. The zero-order valence-electron chi connectivity index (χ0n) is 15.7. The standard InChI is InChI=1S/C21H28N4O/c1-17-8-7-13-25(15-17)21(22-2)24-14-19-11-6-12-23-20(19)26-16-18-9-4-3-5-10-18/h3-6,9-12,17H,7-8,13-16H2,1-2H3,(H,22,24). The van der Waals surface area contributed by atoms with Crippen LogP contribution in [0.2, 0.25) is 0 Å². The molecule has 3 rings (SSSR count). The third-order valence-electron chi connectivity index (χ3n) is 4.67. The van der Waals surface area contributed by atoms with Crippen molar-refractivity contribution in [2.45, 2.75) is 32.9 Å². The lowest BCUT2D eigenvalue weighted by molar-refractivity contribution is 0.265. The Morgan fingerprint density at radius 2 is 2.12 bits per heavy atom. The van der Waals surface area contributed by atoms with Gasteiger partial charge in [-0.2, -0.15) is 0 Å². The van der Waals surface area contributed by atoms with Gasteiger partial charge in [-0.15, -0.1) is 0 Å². The molecule has 1 N–H and O–H groups in total. The molecule has 0 bridgehead atoms. The fourth-order valence-corrected chi connectivity index (χ4v) is 3.30. The van der Waals surface area contributed by atoms with Crippen LogP contribution in [0.15, 0.2) is 53.7 Å². The van der Waals surface area contributed by atoms with E-state index in [-0.39, 0.29) is 0 Å². The van der Waals surface area contributed by atoms with Crippen LogP contribution in [0.1, 0.15) is 30.9 Å². The summed E-state index contributed by atoms with van der Waals surface area (Å²) in [7, 11) is 1.84. The highest BCUT2D eigenvalue weighted by molar-refractivity contribution is 5.80. The molecule has 0 spiro atoms. The molecule has 26 heavy (non-hydrogen) atoms. The Hall–Kier alpha value is -2.56. The van der Waals surface area contributed by atoms with Crippen molar-refractivity contribution >= 4 is 5.96 Å².